The Kier molecular flexibility index (Phi) is 4.54. The first-order chi connectivity index (χ1) is 11.8. The van der Waals surface area contributed by atoms with Gasteiger partial charge in [0.25, 0.3) is 0 Å². The van der Waals surface area contributed by atoms with Crippen molar-refractivity contribution in [3.8, 4) is 5.75 Å². The van der Waals surface area contributed by atoms with Crippen LogP contribution in [0.25, 0.3) is 0 Å². The minimum atomic E-state index is 0.726. The average Bonchev–Trinajstić information content (AvgIpc) is 2.62. The van der Waals surface area contributed by atoms with Gasteiger partial charge in [-0.25, -0.2) is 0 Å². The number of hydrogen-bond donors (Lipinski definition) is 0. The highest BCUT2D eigenvalue weighted by atomic mass is 16.5. The van der Waals surface area contributed by atoms with Crippen molar-refractivity contribution >= 4 is 0 Å². The van der Waals surface area contributed by atoms with Crippen LogP contribution in [0.3, 0.4) is 0 Å². The molecule has 0 amide bonds. The van der Waals surface area contributed by atoms with Crippen LogP contribution in [-0.4, -0.2) is 42.6 Å². The van der Waals surface area contributed by atoms with Crippen molar-refractivity contribution in [3.05, 3.63) is 65.7 Å². The van der Waals surface area contributed by atoms with E-state index < -0.39 is 0 Å². The van der Waals surface area contributed by atoms with Crippen LogP contribution in [0.15, 0.2) is 54.6 Å². The van der Waals surface area contributed by atoms with E-state index in [0.29, 0.717) is 0 Å². The molecule has 0 N–H and O–H groups in total. The first-order valence-electron chi connectivity index (χ1n) is 8.95. The summed E-state index contributed by atoms with van der Waals surface area (Å²) in [6.45, 7) is 5.80. The fourth-order valence-corrected chi connectivity index (χ4v) is 4.14. The first-order valence-corrected chi connectivity index (χ1v) is 8.95. The average molecular weight is 322 g/mol. The SMILES string of the molecule is COc1cccc(CN2CC[C@@H]3CN(Cc4ccccc4)[C@@H]3C2)c1. The lowest BCUT2D eigenvalue weighted by Gasteiger charge is -2.53. The van der Waals surface area contributed by atoms with Gasteiger partial charge in [-0.1, -0.05) is 42.5 Å². The van der Waals surface area contributed by atoms with E-state index in [2.05, 4.69) is 58.3 Å². The molecule has 2 aromatic carbocycles. The summed E-state index contributed by atoms with van der Waals surface area (Å²) in [5, 5.41) is 0. The van der Waals surface area contributed by atoms with E-state index in [1.165, 1.54) is 37.2 Å². The molecule has 2 atom stereocenters. The molecule has 0 aliphatic carbocycles. The molecular formula is C21H26N2O. The molecule has 0 aromatic heterocycles. The molecule has 4 rings (SSSR count). The predicted molar refractivity (Wildman–Crippen MR) is 97.0 cm³/mol. The van der Waals surface area contributed by atoms with Gasteiger partial charge in [0.2, 0.25) is 0 Å². The van der Waals surface area contributed by atoms with E-state index in [-0.39, 0.29) is 0 Å². The van der Waals surface area contributed by atoms with E-state index in [1.54, 1.807) is 7.11 Å². The molecule has 3 heteroatoms. The Morgan fingerprint density at radius 3 is 2.62 bits per heavy atom. The molecule has 2 fully saturated rings. The third-order valence-corrected chi connectivity index (χ3v) is 5.51. The second-order valence-electron chi connectivity index (χ2n) is 7.12. The zero-order valence-corrected chi connectivity index (χ0v) is 14.4. The Morgan fingerprint density at radius 2 is 1.79 bits per heavy atom. The number of rotatable bonds is 5. The second kappa shape index (κ2) is 6.96. The maximum atomic E-state index is 5.35. The normalized spacial score (nSPS) is 24.2. The summed E-state index contributed by atoms with van der Waals surface area (Å²) >= 11 is 0. The van der Waals surface area contributed by atoms with Crippen molar-refractivity contribution in [3.63, 3.8) is 0 Å². The van der Waals surface area contributed by atoms with E-state index in [0.717, 1.165) is 30.8 Å². The van der Waals surface area contributed by atoms with Gasteiger partial charge in [0.15, 0.2) is 0 Å². The van der Waals surface area contributed by atoms with Gasteiger partial charge in [0.05, 0.1) is 7.11 Å². The monoisotopic (exact) mass is 322 g/mol. The maximum Gasteiger partial charge on any atom is 0.119 e. The van der Waals surface area contributed by atoms with E-state index in [4.69, 9.17) is 4.74 Å². The van der Waals surface area contributed by atoms with E-state index in [9.17, 15) is 0 Å². The summed E-state index contributed by atoms with van der Waals surface area (Å²) < 4.78 is 5.35. The number of benzene rings is 2. The summed E-state index contributed by atoms with van der Waals surface area (Å²) in [5.41, 5.74) is 2.78. The molecule has 0 radical (unpaired) electrons. The van der Waals surface area contributed by atoms with Gasteiger partial charge < -0.3 is 4.74 Å². The number of nitrogens with zero attached hydrogens (tertiary/aromatic N) is 2. The smallest absolute Gasteiger partial charge is 0.119 e. The molecule has 2 aliphatic heterocycles. The molecule has 24 heavy (non-hydrogen) atoms. The third kappa shape index (κ3) is 3.33. The molecule has 0 bridgehead atoms. The Hall–Kier alpha value is -1.84. The summed E-state index contributed by atoms with van der Waals surface area (Å²) in [6, 6.07) is 20.1. The van der Waals surface area contributed by atoms with Crippen LogP contribution in [0.2, 0.25) is 0 Å². The lowest BCUT2D eigenvalue weighted by atomic mass is 9.82. The summed E-state index contributed by atoms with van der Waals surface area (Å²) in [4.78, 5) is 5.25. The minimum absolute atomic E-state index is 0.726. The van der Waals surface area contributed by atoms with Crippen LogP contribution >= 0.6 is 0 Å². The lowest BCUT2D eigenvalue weighted by molar-refractivity contribution is -0.0515. The highest BCUT2D eigenvalue weighted by Crippen LogP contribution is 2.34. The number of hydrogen-bond acceptors (Lipinski definition) is 3. The Morgan fingerprint density at radius 1 is 0.958 bits per heavy atom. The van der Waals surface area contributed by atoms with E-state index >= 15 is 0 Å². The van der Waals surface area contributed by atoms with Crippen LogP contribution < -0.4 is 4.74 Å². The van der Waals surface area contributed by atoms with Crippen molar-refractivity contribution in [2.24, 2.45) is 5.92 Å². The van der Waals surface area contributed by atoms with Gasteiger partial charge in [0, 0.05) is 32.2 Å². The number of piperidine rings is 1. The van der Waals surface area contributed by atoms with Crippen LogP contribution in [0.4, 0.5) is 0 Å². The van der Waals surface area contributed by atoms with Crippen molar-refractivity contribution in [2.75, 3.05) is 26.7 Å². The van der Waals surface area contributed by atoms with Crippen molar-refractivity contribution in [1.82, 2.24) is 9.80 Å². The molecule has 2 aliphatic rings. The lowest BCUT2D eigenvalue weighted by Crippen LogP contribution is -2.63. The molecular weight excluding hydrogens is 296 g/mol. The largest absolute Gasteiger partial charge is 0.497 e. The number of fused-ring (bicyclic) bond motifs is 1. The van der Waals surface area contributed by atoms with Gasteiger partial charge in [0.1, 0.15) is 5.75 Å². The van der Waals surface area contributed by atoms with Crippen molar-refractivity contribution < 1.29 is 4.74 Å². The quantitative estimate of drug-likeness (QED) is 0.839. The molecule has 0 spiro atoms. The Labute approximate surface area is 144 Å². The van der Waals surface area contributed by atoms with Crippen LogP contribution in [-0.2, 0) is 13.1 Å². The van der Waals surface area contributed by atoms with Gasteiger partial charge >= 0.3 is 0 Å². The zero-order chi connectivity index (χ0) is 16.4. The second-order valence-corrected chi connectivity index (χ2v) is 7.12. The van der Waals surface area contributed by atoms with Gasteiger partial charge in [-0.05, 0) is 42.1 Å². The molecule has 2 heterocycles. The van der Waals surface area contributed by atoms with Crippen molar-refractivity contribution in [2.45, 2.75) is 25.6 Å². The Balaban J connectivity index is 1.36. The third-order valence-electron chi connectivity index (χ3n) is 5.51. The molecule has 2 saturated heterocycles. The molecule has 126 valence electrons. The molecule has 3 nitrogen and oxygen atoms in total. The summed E-state index contributed by atoms with van der Waals surface area (Å²) in [7, 11) is 1.74. The maximum absolute atomic E-state index is 5.35. The van der Waals surface area contributed by atoms with Gasteiger partial charge in [-0.15, -0.1) is 0 Å². The van der Waals surface area contributed by atoms with Crippen LogP contribution in [0.1, 0.15) is 17.5 Å². The summed E-state index contributed by atoms with van der Waals surface area (Å²) in [5.74, 6) is 1.85. The highest BCUT2D eigenvalue weighted by molar-refractivity contribution is 5.28. The molecule has 0 saturated carbocycles. The standard InChI is InChI=1S/C21H26N2O/c1-24-20-9-5-8-18(12-20)13-22-11-10-19-15-23(21(19)16-22)14-17-6-3-2-4-7-17/h2-9,12,19,21H,10-11,13-16H2,1H3/t19-,21-/m1/s1. The predicted octanol–water partition coefficient (Wildman–Crippen LogP) is 3.40. The van der Waals surface area contributed by atoms with Crippen LogP contribution in [0.5, 0.6) is 5.75 Å². The molecule has 2 aromatic rings. The number of ether oxygens (including phenoxy) is 1. The fraction of sp³-hybridized carbons (Fsp3) is 0.429. The zero-order valence-electron chi connectivity index (χ0n) is 14.4. The van der Waals surface area contributed by atoms with Crippen molar-refractivity contribution in [1.29, 1.82) is 0 Å². The fourth-order valence-electron chi connectivity index (χ4n) is 4.14. The van der Waals surface area contributed by atoms with Gasteiger partial charge in [-0.3, -0.25) is 9.80 Å². The summed E-state index contributed by atoms with van der Waals surface area (Å²) in [6.07, 6.45) is 1.33. The van der Waals surface area contributed by atoms with Gasteiger partial charge in [-0.2, -0.15) is 0 Å². The topological polar surface area (TPSA) is 15.7 Å². The van der Waals surface area contributed by atoms with Crippen LogP contribution in [0, 0.1) is 5.92 Å². The number of likely N-dealkylation sites (tertiary alicyclic amines) is 2. The van der Waals surface area contributed by atoms with E-state index in [1.807, 2.05) is 6.07 Å². The highest BCUT2D eigenvalue weighted by Gasteiger charge is 2.42. The Bertz CT molecular complexity index is 673. The first kappa shape index (κ1) is 15.7. The molecule has 0 unspecified atom stereocenters. The number of methoxy groups -OCH3 is 1. The minimum Gasteiger partial charge on any atom is -0.497 e.